The van der Waals surface area contributed by atoms with Crippen molar-refractivity contribution in [3.8, 4) is 0 Å². The van der Waals surface area contributed by atoms with E-state index < -0.39 is 28.2 Å². The summed E-state index contributed by atoms with van der Waals surface area (Å²) in [5.74, 6) is -0.570. The predicted octanol–water partition coefficient (Wildman–Crippen LogP) is 0.432. The van der Waals surface area contributed by atoms with Crippen LogP contribution >= 0.6 is 0 Å². The van der Waals surface area contributed by atoms with Crippen molar-refractivity contribution in [1.29, 1.82) is 0 Å². The Morgan fingerprint density at radius 3 is 2.13 bits per heavy atom. The number of aryl methyl sites for hydroxylation is 1. The molecule has 0 heterocycles. The lowest BCUT2D eigenvalue weighted by Crippen LogP contribution is -2.28. The summed E-state index contributed by atoms with van der Waals surface area (Å²) in [6.45, 7) is 1.86. The molecule has 1 aromatic carbocycles. The predicted molar refractivity (Wildman–Crippen MR) is 56.4 cm³/mol. The summed E-state index contributed by atoms with van der Waals surface area (Å²) in [4.78, 5) is 0. The highest BCUT2D eigenvalue weighted by Gasteiger charge is 2.06. The van der Waals surface area contributed by atoms with Crippen molar-refractivity contribution in [1.82, 2.24) is 0 Å². The molecular weight excluding hydrogens is 238 g/mol. The fourth-order valence-electron chi connectivity index (χ4n) is 1.01. The van der Waals surface area contributed by atoms with Gasteiger partial charge in [-0.1, -0.05) is 17.7 Å². The van der Waals surface area contributed by atoms with Gasteiger partial charge >= 0.3 is 0 Å². The SMILES string of the molecule is Cc1ccc(N(CS(=O)[O-])S(=O)[O-])cc1. The molecule has 15 heavy (non-hydrogen) atoms. The maximum atomic E-state index is 10.8. The van der Waals surface area contributed by atoms with E-state index in [-0.39, 0.29) is 0 Å². The molecule has 0 spiro atoms. The van der Waals surface area contributed by atoms with Crippen molar-refractivity contribution in [3.63, 3.8) is 0 Å². The fraction of sp³-hybridized carbons (Fsp3) is 0.250. The van der Waals surface area contributed by atoms with Gasteiger partial charge in [-0.25, -0.2) is 0 Å². The van der Waals surface area contributed by atoms with Crippen LogP contribution in [0.5, 0.6) is 0 Å². The standard InChI is InChI=1S/C8H11NO4S2/c1-7-2-4-8(5-3-7)9(15(12)13)6-14(10)11/h2-5H,6H2,1H3,(H,10,11)(H,12,13)/p-2. The van der Waals surface area contributed by atoms with Crippen molar-refractivity contribution in [2.75, 3.05) is 10.2 Å². The molecule has 84 valence electrons. The van der Waals surface area contributed by atoms with Crippen LogP contribution in [0.4, 0.5) is 5.69 Å². The smallest absolute Gasteiger partial charge is 0.0929 e. The second-order valence-corrected chi connectivity index (χ2v) is 4.60. The van der Waals surface area contributed by atoms with Gasteiger partial charge in [0, 0.05) is 17.0 Å². The third-order valence-electron chi connectivity index (χ3n) is 1.72. The van der Waals surface area contributed by atoms with Gasteiger partial charge in [-0.15, -0.1) is 0 Å². The molecule has 0 amide bonds. The van der Waals surface area contributed by atoms with Gasteiger partial charge in [-0.2, -0.15) is 0 Å². The summed E-state index contributed by atoms with van der Waals surface area (Å²) >= 11 is -5.03. The zero-order valence-corrected chi connectivity index (χ0v) is 9.55. The highest BCUT2D eigenvalue weighted by molar-refractivity contribution is 7.84. The van der Waals surface area contributed by atoms with Crippen molar-refractivity contribution in [2.45, 2.75) is 6.92 Å². The molecule has 0 saturated heterocycles. The van der Waals surface area contributed by atoms with E-state index >= 15 is 0 Å². The van der Waals surface area contributed by atoms with Crippen LogP contribution in [0.2, 0.25) is 0 Å². The van der Waals surface area contributed by atoms with E-state index in [1.165, 1.54) is 0 Å². The molecule has 0 fully saturated rings. The first kappa shape index (κ1) is 12.3. The molecule has 5 nitrogen and oxygen atoms in total. The average Bonchev–Trinajstić information content (AvgIpc) is 2.15. The first-order valence-corrected chi connectivity index (χ1v) is 6.27. The van der Waals surface area contributed by atoms with Gasteiger partial charge in [0.05, 0.1) is 5.88 Å². The molecule has 0 N–H and O–H groups in total. The summed E-state index contributed by atoms with van der Waals surface area (Å²) in [6, 6.07) is 6.53. The van der Waals surface area contributed by atoms with Crippen LogP contribution in [0.3, 0.4) is 0 Å². The Morgan fingerprint density at radius 2 is 1.73 bits per heavy atom. The molecule has 2 unspecified atom stereocenters. The van der Waals surface area contributed by atoms with Gasteiger partial charge in [-0.05, 0) is 30.1 Å². The van der Waals surface area contributed by atoms with Crippen LogP contribution in [0.25, 0.3) is 0 Å². The first-order valence-electron chi connectivity index (χ1n) is 4.00. The van der Waals surface area contributed by atoms with Crippen LogP contribution in [-0.4, -0.2) is 23.4 Å². The van der Waals surface area contributed by atoms with E-state index in [9.17, 15) is 17.5 Å². The number of rotatable bonds is 4. The summed E-state index contributed by atoms with van der Waals surface area (Å²) in [7, 11) is 0. The van der Waals surface area contributed by atoms with Crippen molar-refractivity contribution >= 4 is 28.0 Å². The fourth-order valence-corrected chi connectivity index (χ4v) is 2.25. The van der Waals surface area contributed by atoms with Gasteiger partial charge < -0.3 is 9.11 Å². The Labute approximate surface area is 92.8 Å². The quantitative estimate of drug-likeness (QED) is 0.722. The van der Waals surface area contributed by atoms with E-state index in [0.29, 0.717) is 5.69 Å². The minimum Gasteiger partial charge on any atom is -0.771 e. The number of anilines is 1. The molecular formula is C8H9NO4S2-2. The van der Waals surface area contributed by atoms with Gasteiger partial charge in [0.25, 0.3) is 0 Å². The number of hydrogen-bond acceptors (Lipinski definition) is 4. The number of hydrogen-bond donors (Lipinski definition) is 0. The molecule has 0 aliphatic carbocycles. The van der Waals surface area contributed by atoms with Crippen LogP contribution in [0.15, 0.2) is 24.3 Å². The van der Waals surface area contributed by atoms with Crippen LogP contribution < -0.4 is 4.31 Å². The Kier molecular flexibility index (Phi) is 4.40. The van der Waals surface area contributed by atoms with E-state index in [4.69, 9.17) is 0 Å². The number of benzene rings is 1. The lowest BCUT2D eigenvalue weighted by molar-refractivity contribution is 0.524. The van der Waals surface area contributed by atoms with Crippen LogP contribution in [-0.2, 0) is 22.3 Å². The highest BCUT2D eigenvalue weighted by atomic mass is 32.2. The van der Waals surface area contributed by atoms with Gasteiger partial charge in [0.1, 0.15) is 0 Å². The summed E-state index contributed by atoms with van der Waals surface area (Å²) < 4.78 is 43.2. The van der Waals surface area contributed by atoms with Gasteiger partial charge in [0.2, 0.25) is 0 Å². The molecule has 0 aromatic heterocycles. The Bertz CT molecular complexity index is 379. The van der Waals surface area contributed by atoms with E-state index in [2.05, 4.69) is 0 Å². The first-order chi connectivity index (χ1) is 7.00. The zero-order chi connectivity index (χ0) is 11.4. The summed E-state index contributed by atoms with van der Waals surface area (Å²) in [5.41, 5.74) is 1.30. The molecule has 7 heteroatoms. The molecule has 2 atom stereocenters. The number of nitrogens with zero attached hydrogens (tertiary/aromatic N) is 1. The summed E-state index contributed by atoms with van der Waals surface area (Å²) in [6.07, 6.45) is 0. The summed E-state index contributed by atoms with van der Waals surface area (Å²) in [5, 5.41) is 0. The average molecular weight is 247 g/mol. The lowest BCUT2D eigenvalue weighted by atomic mass is 10.2. The molecule has 0 radical (unpaired) electrons. The normalized spacial score (nSPS) is 14.6. The van der Waals surface area contributed by atoms with E-state index in [1.54, 1.807) is 24.3 Å². The molecule has 0 saturated carbocycles. The molecule has 0 aliphatic rings. The second kappa shape index (κ2) is 5.36. The molecule has 0 bridgehead atoms. The van der Waals surface area contributed by atoms with Crippen molar-refractivity contribution in [2.24, 2.45) is 0 Å². The van der Waals surface area contributed by atoms with Crippen molar-refractivity contribution < 1.29 is 17.5 Å². The third-order valence-corrected chi connectivity index (χ3v) is 3.06. The van der Waals surface area contributed by atoms with E-state index in [1.807, 2.05) is 6.92 Å². The monoisotopic (exact) mass is 247 g/mol. The van der Waals surface area contributed by atoms with Crippen molar-refractivity contribution in [3.05, 3.63) is 29.8 Å². The molecule has 1 rings (SSSR count). The van der Waals surface area contributed by atoms with Crippen LogP contribution in [0, 0.1) is 6.92 Å². The molecule has 0 aliphatic heterocycles. The largest absolute Gasteiger partial charge is 0.771 e. The zero-order valence-electron chi connectivity index (χ0n) is 7.91. The minimum absolute atomic E-state index is 0.332. The molecule has 1 aromatic rings. The minimum atomic E-state index is -2.59. The maximum Gasteiger partial charge on any atom is 0.0929 e. The second-order valence-electron chi connectivity index (χ2n) is 2.86. The Hall–Kier alpha value is -0.760. The highest BCUT2D eigenvalue weighted by Crippen LogP contribution is 2.16. The third kappa shape index (κ3) is 3.71. The Balaban J connectivity index is 2.94. The van der Waals surface area contributed by atoms with Gasteiger partial charge in [-0.3, -0.25) is 12.7 Å². The van der Waals surface area contributed by atoms with Gasteiger partial charge in [0.15, 0.2) is 0 Å². The lowest BCUT2D eigenvalue weighted by Gasteiger charge is -2.27. The Morgan fingerprint density at radius 1 is 1.20 bits per heavy atom. The maximum absolute atomic E-state index is 10.8. The topological polar surface area (TPSA) is 83.5 Å². The van der Waals surface area contributed by atoms with E-state index in [0.717, 1.165) is 9.87 Å². The van der Waals surface area contributed by atoms with Crippen LogP contribution in [0.1, 0.15) is 5.56 Å².